The van der Waals surface area contributed by atoms with Gasteiger partial charge in [0.25, 0.3) is 0 Å². The third-order valence-corrected chi connectivity index (χ3v) is 9.70. The molecule has 0 radical (unpaired) electrons. The van der Waals surface area contributed by atoms with E-state index in [1.807, 2.05) is 4.31 Å². The van der Waals surface area contributed by atoms with Crippen LogP contribution >= 0.6 is 0 Å². The Morgan fingerprint density at radius 2 is 1.88 bits per heavy atom. The molecule has 3 aromatic rings. The number of amides is 1. The van der Waals surface area contributed by atoms with Crippen molar-refractivity contribution < 1.29 is 22.2 Å². The van der Waals surface area contributed by atoms with E-state index in [4.69, 9.17) is 5.73 Å². The number of hydrogen-bond donors (Lipinski definition) is 3. The number of hydrogen-bond acceptors (Lipinski definition) is 5. The number of halogens is 3. The smallest absolute Gasteiger partial charge is 0.242 e. The van der Waals surface area contributed by atoms with Crippen LogP contribution in [0.5, 0.6) is 0 Å². The monoisotopic (exact) mass is 599 g/mol. The van der Waals surface area contributed by atoms with Crippen LogP contribution < -0.4 is 16.4 Å². The summed E-state index contributed by atoms with van der Waals surface area (Å²) in [6.45, 7) is 3.78. The van der Waals surface area contributed by atoms with E-state index in [1.165, 1.54) is 42.6 Å². The number of nitrogens with two attached hydrogens (primary N) is 1. The lowest BCUT2D eigenvalue weighted by atomic mass is 9.84. The average molecular weight is 600 g/mol. The third kappa shape index (κ3) is 7.44. The number of aromatic nitrogens is 1. The van der Waals surface area contributed by atoms with Gasteiger partial charge >= 0.3 is 0 Å². The van der Waals surface area contributed by atoms with E-state index in [1.54, 1.807) is 13.0 Å². The summed E-state index contributed by atoms with van der Waals surface area (Å²) in [5.41, 5.74) is 8.61. The maximum atomic E-state index is 15.1. The second-order valence-corrected chi connectivity index (χ2v) is 12.7. The van der Waals surface area contributed by atoms with Crippen LogP contribution in [0.15, 0.2) is 54.9 Å². The molecule has 2 fully saturated rings. The number of nitrogens with one attached hydrogen (secondary N) is 2. The number of carbonyl (C=O) groups is 1. The highest BCUT2D eigenvalue weighted by atomic mass is 32.2. The van der Waals surface area contributed by atoms with Gasteiger partial charge in [0.05, 0.1) is 35.1 Å². The number of pyridine rings is 1. The summed E-state index contributed by atoms with van der Waals surface area (Å²) in [7, 11) is -1.08. The Bertz CT molecular complexity index is 1420. The average Bonchev–Trinajstić information content (AvgIpc) is 3.77. The predicted octanol–water partition coefficient (Wildman–Crippen LogP) is 4.19. The van der Waals surface area contributed by atoms with Gasteiger partial charge in [-0.05, 0) is 79.5 Å². The van der Waals surface area contributed by atoms with Gasteiger partial charge in [-0.2, -0.15) is 0 Å². The van der Waals surface area contributed by atoms with Gasteiger partial charge in [-0.3, -0.25) is 9.78 Å². The van der Waals surface area contributed by atoms with Gasteiger partial charge < -0.3 is 16.4 Å². The summed E-state index contributed by atoms with van der Waals surface area (Å²) >= 11 is 0. The molecule has 11 heteroatoms. The van der Waals surface area contributed by atoms with Crippen molar-refractivity contribution in [2.24, 2.45) is 11.7 Å². The topological polar surface area (TPSA) is 100 Å². The SMILES string of the molecule is Cc1cc(F)cc([C@H](c2ccc(F)cc2)[C@H](N)C(=O)Nc2cncc(F)c2CC[C@H]2CNCCN2S(=O)CC2CC2)c1. The summed E-state index contributed by atoms with van der Waals surface area (Å²) in [4.78, 5) is 17.5. The Balaban J connectivity index is 1.35. The van der Waals surface area contributed by atoms with Crippen molar-refractivity contribution in [3.8, 4) is 0 Å². The van der Waals surface area contributed by atoms with Crippen LogP contribution in [0.1, 0.15) is 47.4 Å². The largest absolute Gasteiger partial charge is 0.323 e. The van der Waals surface area contributed by atoms with Gasteiger partial charge in [0.15, 0.2) is 0 Å². The van der Waals surface area contributed by atoms with Crippen LogP contribution in [0, 0.1) is 30.3 Å². The summed E-state index contributed by atoms with van der Waals surface area (Å²) in [6.07, 6.45) is 5.54. The Morgan fingerprint density at radius 1 is 1.12 bits per heavy atom. The molecule has 0 spiro atoms. The lowest BCUT2D eigenvalue weighted by Gasteiger charge is -2.35. The minimum atomic E-state index is -1.21. The number of rotatable bonds is 11. The number of aryl methyl sites for hydroxylation is 1. The molecule has 1 aliphatic heterocycles. The number of nitrogens with zero attached hydrogens (tertiary/aromatic N) is 2. The molecule has 224 valence electrons. The maximum absolute atomic E-state index is 15.1. The van der Waals surface area contributed by atoms with Gasteiger partial charge in [0.1, 0.15) is 17.5 Å². The highest BCUT2D eigenvalue weighted by Gasteiger charge is 2.32. The van der Waals surface area contributed by atoms with E-state index in [9.17, 15) is 17.8 Å². The normalized spacial score (nSPS) is 19.7. The molecule has 2 heterocycles. The molecule has 1 saturated heterocycles. The summed E-state index contributed by atoms with van der Waals surface area (Å²) in [5, 5.41) is 6.08. The zero-order valence-corrected chi connectivity index (χ0v) is 24.3. The first-order chi connectivity index (χ1) is 20.2. The van der Waals surface area contributed by atoms with E-state index in [2.05, 4.69) is 15.6 Å². The molecular weight excluding hydrogens is 563 g/mol. The molecular formula is C31H36F3N5O2S. The van der Waals surface area contributed by atoms with Crippen LogP contribution in [0.4, 0.5) is 18.9 Å². The summed E-state index contributed by atoms with van der Waals surface area (Å²) < 4.78 is 58.2. The zero-order chi connectivity index (χ0) is 29.8. The van der Waals surface area contributed by atoms with Crippen LogP contribution in [-0.2, 0) is 22.2 Å². The van der Waals surface area contributed by atoms with Crippen molar-refractivity contribution >= 4 is 22.6 Å². The fourth-order valence-electron chi connectivity index (χ4n) is 5.56. The number of carbonyl (C=O) groups excluding carboxylic acids is 1. The predicted molar refractivity (Wildman–Crippen MR) is 158 cm³/mol. The fraction of sp³-hybridized carbons (Fsp3) is 0.419. The van der Waals surface area contributed by atoms with Gasteiger partial charge in [-0.15, -0.1) is 0 Å². The van der Waals surface area contributed by atoms with Crippen LogP contribution in [-0.4, -0.2) is 56.9 Å². The fourth-order valence-corrected chi connectivity index (χ4v) is 7.30. The second kappa shape index (κ2) is 13.5. The van der Waals surface area contributed by atoms with Gasteiger partial charge in [-0.25, -0.2) is 21.7 Å². The molecule has 0 bridgehead atoms. The van der Waals surface area contributed by atoms with Crippen molar-refractivity contribution in [1.82, 2.24) is 14.6 Å². The summed E-state index contributed by atoms with van der Waals surface area (Å²) in [5.74, 6) is -1.72. The summed E-state index contributed by atoms with van der Waals surface area (Å²) in [6, 6.07) is 8.69. The van der Waals surface area contributed by atoms with E-state index in [-0.39, 0.29) is 23.7 Å². The Kier molecular flexibility index (Phi) is 9.72. The van der Waals surface area contributed by atoms with E-state index in [0.29, 0.717) is 47.9 Å². The standard InChI is InChI=1S/C31H36F3N5O2S/c1-19-12-22(14-24(33)13-19)29(21-4-6-23(32)7-5-21)30(35)31(40)38-28-17-37-16-27(34)26(28)9-8-25-15-36-10-11-39(25)42(41)18-20-2-3-20/h4-7,12-14,16-17,20,25,29-30,36H,2-3,8-11,15,18,35H2,1H3,(H,38,40)/t25-,29-,30-,42?/m0/s1. The molecule has 5 rings (SSSR count). The first-order valence-electron chi connectivity index (χ1n) is 14.3. The molecule has 42 heavy (non-hydrogen) atoms. The molecule has 4 N–H and O–H groups in total. The maximum Gasteiger partial charge on any atom is 0.242 e. The zero-order valence-electron chi connectivity index (χ0n) is 23.5. The first kappa shape index (κ1) is 30.3. The van der Waals surface area contributed by atoms with Crippen molar-refractivity contribution in [1.29, 1.82) is 0 Å². The van der Waals surface area contributed by atoms with E-state index in [0.717, 1.165) is 25.6 Å². The first-order valence-corrected chi connectivity index (χ1v) is 15.5. The minimum absolute atomic E-state index is 0.0456. The molecule has 2 aromatic carbocycles. The van der Waals surface area contributed by atoms with Gasteiger partial charge in [0, 0.05) is 42.9 Å². The number of piperazine rings is 1. The van der Waals surface area contributed by atoms with Crippen molar-refractivity contribution in [3.63, 3.8) is 0 Å². The Morgan fingerprint density at radius 3 is 2.60 bits per heavy atom. The van der Waals surface area contributed by atoms with Crippen LogP contribution in [0.25, 0.3) is 0 Å². The molecule has 1 aliphatic carbocycles. The van der Waals surface area contributed by atoms with Crippen LogP contribution in [0.2, 0.25) is 0 Å². The molecule has 7 nitrogen and oxygen atoms in total. The number of benzene rings is 2. The van der Waals surface area contributed by atoms with Crippen LogP contribution in [0.3, 0.4) is 0 Å². The molecule has 2 aliphatic rings. The molecule has 1 saturated carbocycles. The van der Waals surface area contributed by atoms with Crippen molar-refractivity contribution in [2.75, 3.05) is 30.7 Å². The van der Waals surface area contributed by atoms with Gasteiger partial charge in [0.2, 0.25) is 5.91 Å². The quantitative estimate of drug-likeness (QED) is 0.307. The molecule has 1 unspecified atom stereocenters. The highest BCUT2D eigenvalue weighted by molar-refractivity contribution is 7.82. The van der Waals surface area contributed by atoms with Crippen molar-refractivity contribution in [3.05, 3.63) is 94.6 Å². The van der Waals surface area contributed by atoms with Crippen molar-refractivity contribution in [2.45, 2.75) is 50.6 Å². The number of anilines is 1. The van der Waals surface area contributed by atoms with E-state index < -0.39 is 46.3 Å². The van der Waals surface area contributed by atoms with E-state index >= 15 is 4.39 Å². The second-order valence-electron chi connectivity index (χ2n) is 11.2. The molecule has 1 aromatic heterocycles. The van der Waals surface area contributed by atoms with Gasteiger partial charge in [-0.1, -0.05) is 18.2 Å². The highest BCUT2D eigenvalue weighted by Crippen LogP contribution is 2.32. The lowest BCUT2D eigenvalue weighted by molar-refractivity contribution is -0.117. The molecule has 1 amide bonds. The third-order valence-electron chi connectivity index (χ3n) is 7.94. The lowest BCUT2D eigenvalue weighted by Crippen LogP contribution is -2.52. The molecule has 4 atom stereocenters. The Hall–Kier alpha value is -3.12. The minimum Gasteiger partial charge on any atom is -0.323 e. The Labute approximate surface area is 246 Å².